The average Bonchev–Trinajstić information content (AvgIpc) is 2.84. The fraction of sp³-hybridized carbons (Fsp3) is 0.538. The lowest BCUT2D eigenvalue weighted by molar-refractivity contribution is 0.176. The summed E-state index contributed by atoms with van der Waals surface area (Å²) in [6.45, 7) is 3.05. The summed E-state index contributed by atoms with van der Waals surface area (Å²) in [5.41, 5.74) is 1.50. The van der Waals surface area contributed by atoms with Crippen molar-refractivity contribution in [2.45, 2.75) is 29.1 Å². The molecular formula is C13H17NOS. The van der Waals surface area contributed by atoms with Gasteiger partial charge in [-0.1, -0.05) is 18.2 Å². The molecule has 1 aromatic carbocycles. The van der Waals surface area contributed by atoms with Crippen LogP contribution in [-0.2, 0) is 6.42 Å². The topological polar surface area (TPSA) is 23.5 Å². The lowest BCUT2D eigenvalue weighted by Gasteiger charge is -2.18. The van der Waals surface area contributed by atoms with Gasteiger partial charge in [0.05, 0.1) is 6.10 Å². The molecule has 2 nitrogen and oxygen atoms in total. The maximum atomic E-state index is 9.50. The first-order chi connectivity index (χ1) is 7.81. The van der Waals surface area contributed by atoms with Crippen molar-refractivity contribution in [1.82, 2.24) is 4.90 Å². The van der Waals surface area contributed by atoms with E-state index in [-0.39, 0.29) is 6.10 Å². The molecule has 1 saturated heterocycles. The van der Waals surface area contributed by atoms with Crippen molar-refractivity contribution in [3.8, 4) is 0 Å². The molecule has 0 saturated carbocycles. The second kappa shape index (κ2) is 4.40. The average molecular weight is 235 g/mol. The minimum absolute atomic E-state index is 0.0891. The number of benzene rings is 1. The molecule has 3 heteroatoms. The molecule has 2 heterocycles. The molecule has 0 aliphatic carbocycles. The Hall–Kier alpha value is -0.510. The van der Waals surface area contributed by atoms with Gasteiger partial charge in [0.2, 0.25) is 0 Å². The Kier molecular flexibility index (Phi) is 2.92. The molecule has 2 unspecified atom stereocenters. The molecular weight excluding hydrogens is 218 g/mol. The zero-order valence-electron chi connectivity index (χ0n) is 9.30. The molecule has 86 valence electrons. The Balaban J connectivity index is 1.60. The third-order valence-corrected chi connectivity index (χ3v) is 4.72. The van der Waals surface area contributed by atoms with Crippen molar-refractivity contribution in [1.29, 1.82) is 0 Å². The summed E-state index contributed by atoms with van der Waals surface area (Å²) in [6, 6.07) is 8.70. The van der Waals surface area contributed by atoms with Crippen LogP contribution >= 0.6 is 11.8 Å². The first kappa shape index (κ1) is 10.6. The van der Waals surface area contributed by atoms with E-state index in [0.29, 0.717) is 5.25 Å². The van der Waals surface area contributed by atoms with E-state index in [1.54, 1.807) is 0 Å². The van der Waals surface area contributed by atoms with Crippen LogP contribution in [0.5, 0.6) is 0 Å². The van der Waals surface area contributed by atoms with E-state index in [9.17, 15) is 5.11 Å². The molecule has 1 aromatic rings. The lowest BCUT2D eigenvalue weighted by atomic mass is 10.1. The molecule has 0 radical (unpaired) electrons. The molecule has 2 atom stereocenters. The zero-order chi connectivity index (χ0) is 11.0. The molecule has 1 N–H and O–H groups in total. The van der Waals surface area contributed by atoms with Gasteiger partial charge >= 0.3 is 0 Å². The molecule has 0 aromatic heterocycles. The van der Waals surface area contributed by atoms with Crippen LogP contribution < -0.4 is 0 Å². The number of hydrogen-bond donors (Lipinski definition) is 1. The van der Waals surface area contributed by atoms with E-state index in [4.69, 9.17) is 0 Å². The Labute approximate surface area is 101 Å². The van der Waals surface area contributed by atoms with E-state index in [1.807, 2.05) is 11.8 Å². The number of hydrogen-bond acceptors (Lipinski definition) is 3. The summed E-state index contributed by atoms with van der Waals surface area (Å²) < 4.78 is 0. The number of aliphatic hydroxyl groups is 1. The Morgan fingerprint density at radius 3 is 3.00 bits per heavy atom. The predicted octanol–water partition coefficient (Wildman–Crippen LogP) is 1.77. The standard InChI is InChI=1S/C13H17NOS/c15-11-5-6-14(8-11)9-12-7-10-3-1-2-4-13(10)16-12/h1-4,11-12,15H,5-9H2. The number of rotatable bonds is 2. The number of fused-ring (bicyclic) bond motifs is 1. The summed E-state index contributed by atoms with van der Waals surface area (Å²) in [7, 11) is 0. The third kappa shape index (κ3) is 2.12. The van der Waals surface area contributed by atoms with Crippen LogP contribution in [-0.4, -0.2) is 41.0 Å². The van der Waals surface area contributed by atoms with Crippen molar-refractivity contribution >= 4 is 11.8 Å². The number of thioether (sulfide) groups is 1. The minimum atomic E-state index is -0.0891. The Bertz CT molecular complexity index is 357. The van der Waals surface area contributed by atoms with Gasteiger partial charge in [-0.15, -0.1) is 11.8 Å². The van der Waals surface area contributed by atoms with Crippen LogP contribution in [0.3, 0.4) is 0 Å². The zero-order valence-corrected chi connectivity index (χ0v) is 10.1. The lowest BCUT2D eigenvalue weighted by Crippen LogP contribution is -2.29. The maximum absolute atomic E-state index is 9.50. The van der Waals surface area contributed by atoms with E-state index in [2.05, 4.69) is 29.2 Å². The van der Waals surface area contributed by atoms with Crippen molar-refractivity contribution in [3.63, 3.8) is 0 Å². The van der Waals surface area contributed by atoms with Crippen LogP contribution in [0.25, 0.3) is 0 Å². The molecule has 3 rings (SSSR count). The first-order valence-electron chi connectivity index (χ1n) is 5.96. The van der Waals surface area contributed by atoms with E-state index in [1.165, 1.54) is 16.9 Å². The van der Waals surface area contributed by atoms with Crippen LogP contribution in [0.1, 0.15) is 12.0 Å². The highest BCUT2D eigenvalue weighted by Crippen LogP contribution is 2.37. The highest BCUT2D eigenvalue weighted by molar-refractivity contribution is 8.00. The Morgan fingerprint density at radius 1 is 1.38 bits per heavy atom. The maximum Gasteiger partial charge on any atom is 0.0679 e. The molecule has 0 amide bonds. The summed E-state index contributed by atoms with van der Waals surface area (Å²) in [5.74, 6) is 0. The second-order valence-corrected chi connectivity index (χ2v) is 6.10. The number of likely N-dealkylation sites (tertiary alicyclic amines) is 1. The van der Waals surface area contributed by atoms with Gasteiger partial charge in [0.15, 0.2) is 0 Å². The van der Waals surface area contributed by atoms with Gasteiger partial charge in [-0.25, -0.2) is 0 Å². The van der Waals surface area contributed by atoms with Gasteiger partial charge in [0, 0.05) is 29.8 Å². The van der Waals surface area contributed by atoms with Gasteiger partial charge in [0.25, 0.3) is 0 Å². The van der Waals surface area contributed by atoms with E-state index >= 15 is 0 Å². The first-order valence-corrected chi connectivity index (χ1v) is 6.84. The largest absolute Gasteiger partial charge is 0.392 e. The minimum Gasteiger partial charge on any atom is -0.392 e. The van der Waals surface area contributed by atoms with Crippen molar-refractivity contribution in [2.24, 2.45) is 0 Å². The highest BCUT2D eigenvalue weighted by atomic mass is 32.2. The molecule has 2 aliphatic rings. The molecule has 16 heavy (non-hydrogen) atoms. The molecule has 0 spiro atoms. The molecule has 2 aliphatic heterocycles. The van der Waals surface area contributed by atoms with Crippen molar-refractivity contribution in [3.05, 3.63) is 29.8 Å². The van der Waals surface area contributed by atoms with Crippen molar-refractivity contribution < 1.29 is 5.11 Å². The predicted molar refractivity (Wildman–Crippen MR) is 66.9 cm³/mol. The van der Waals surface area contributed by atoms with Crippen LogP contribution in [0.4, 0.5) is 0 Å². The highest BCUT2D eigenvalue weighted by Gasteiger charge is 2.27. The number of β-amino-alcohol motifs (C(OH)–C–C–N with tert-alkyl or cyclic N) is 1. The van der Waals surface area contributed by atoms with Gasteiger partial charge in [-0.3, -0.25) is 4.90 Å². The van der Waals surface area contributed by atoms with E-state index < -0.39 is 0 Å². The Morgan fingerprint density at radius 2 is 2.25 bits per heavy atom. The van der Waals surface area contributed by atoms with Crippen LogP contribution in [0.2, 0.25) is 0 Å². The SMILES string of the molecule is OC1CCN(CC2Cc3ccccc3S2)C1. The summed E-state index contributed by atoms with van der Waals surface area (Å²) in [4.78, 5) is 3.85. The monoisotopic (exact) mass is 235 g/mol. The fourth-order valence-electron chi connectivity index (χ4n) is 2.62. The van der Waals surface area contributed by atoms with Crippen molar-refractivity contribution in [2.75, 3.05) is 19.6 Å². The van der Waals surface area contributed by atoms with Gasteiger partial charge in [0.1, 0.15) is 0 Å². The van der Waals surface area contributed by atoms with Gasteiger partial charge in [-0.2, -0.15) is 0 Å². The third-order valence-electron chi connectivity index (χ3n) is 3.42. The normalized spacial score (nSPS) is 29.6. The summed E-state index contributed by atoms with van der Waals surface area (Å²) >= 11 is 2.00. The second-order valence-electron chi connectivity index (χ2n) is 4.75. The van der Waals surface area contributed by atoms with Gasteiger partial charge in [-0.05, 0) is 24.5 Å². The molecule has 0 bridgehead atoms. The van der Waals surface area contributed by atoms with E-state index in [0.717, 1.165) is 26.1 Å². The fourth-order valence-corrected chi connectivity index (χ4v) is 3.99. The smallest absolute Gasteiger partial charge is 0.0679 e. The van der Waals surface area contributed by atoms with Crippen LogP contribution in [0, 0.1) is 0 Å². The van der Waals surface area contributed by atoms with Gasteiger partial charge < -0.3 is 5.11 Å². The summed E-state index contributed by atoms with van der Waals surface area (Å²) in [5, 5.41) is 10.2. The number of nitrogens with zero attached hydrogens (tertiary/aromatic N) is 1. The molecule has 1 fully saturated rings. The quantitative estimate of drug-likeness (QED) is 0.845. The number of aliphatic hydroxyl groups excluding tert-OH is 1. The summed E-state index contributed by atoms with van der Waals surface area (Å²) in [6.07, 6.45) is 2.05. The van der Waals surface area contributed by atoms with Crippen LogP contribution in [0.15, 0.2) is 29.2 Å².